The molecule has 8 rings (SSSR count). The van der Waals surface area contributed by atoms with Crippen LogP contribution < -0.4 is 31.5 Å². The summed E-state index contributed by atoms with van der Waals surface area (Å²) in [6.45, 7) is 9.30. The van der Waals surface area contributed by atoms with Crippen molar-refractivity contribution in [3.63, 3.8) is 0 Å². The highest BCUT2D eigenvalue weighted by Gasteiger charge is 2.23. The standard InChI is InChI=1S/C43H56N16O6/c44-38-36-37(31-23-30-3-8-47-39(30)49-25-31)56-59(40(36)54-29-53-38)10-2-1-6-46-35(60)5-15-62-17-19-64-21-22-65-20-18-63-16-9-48-41(61)33-27-50-42(51-28-33)57-11-13-58(14-12-57)43-52-26-32-24-45-7-4-34(32)55-43/h3,8,23,25-29,45H,1-2,4-7,9-22,24H2,(H,46,60)(H,47,49)(H,48,61)(H2,44,53,54). The third-order valence-electron chi connectivity index (χ3n) is 11.0. The van der Waals surface area contributed by atoms with Crippen LogP contribution in [-0.4, -0.2) is 160 Å². The zero-order chi connectivity index (χ0) is 44.6. The van der Waals surface area contributed by atoms with Gasteiger partial charge >= 0.3 is 0 Å². The van der Waals surface area contributed by atoms with E-state index in [2.05, 4.69) is 60.6 Å². The molecule has 2 aliphatic rings. The average molecular weight is 893 g/mol. The first-order chi connectivity index (χ1) is 32.0. The van der Waals surface area contributed by atoms with E-state index in [1.54, 1.807) is 18.6 Å². The second-order valence-corrected chi connectivity index (χ2v) is 15.5. The highest BCUT2D eigenvalue weighted by Crippen LogP contribution is 2.31. The fourth-order valence-electron chi connectivity index (χ4n) is 7.51. The third kappa shape index (κ3) is 12.2. The summed E-state index contributed by atoms with van der Waals surface area (Å²) < 4.78 is 24.1. The summed E-state index contributed by atoms with van der Waals surface area (Å²) in [5.74, 6) is 1.41. The van der Waals surface area contributed by atoms with Crippen LogP contribution in [0.3, 0.4) is 0 Å². The van der Waals surface area contributed by atoms with Crippen LogP contribution in [0.2, 0.25) is 0 Å². The maximum atomic E-state index is 12.6. The average Bonchev–Trinajstić information content (AvgIpc) is 3.98. The van der Waals surface area contributed by atoms with Crippen molar-refractivity contribution >= 4 is 51.6 Å². The molecule has 0 radical (unpaired) electrons. The molecular weight excluding hydrogens is 837 g/mol. The summed E-state index contributed by atoms with van der Waals surface area (Å²) in [7, 11) is 0. The van der Waals surface area contributed by atoms with E-state index in [1.165, 1.54) is 11.9 Å². The van der Waals surface area contributed by atoms with Gasteiger partial charge in [0, 0.05) is 119 Å². The van der Waals surface area contributed by atoms with Gasteiger partial charge in [0.05, 0.1) is 69.5 Å². The van der Waals surface area contributed by atoms with Crippen LogP contribution in [-0.2, 0) is 43.3 Å². The minimum atomic E-state index is -0.257. The number of hydrogen-bond donors (Lipinski definition) is 5. The number of fused-ring (bicyclic) bond motifs is 3. The van der Waals surface area contributed by atoms with Crippen molar-refractivity contribution in [2.45, 2.75) is 38.8 Å². The molecule has 1 saturated heterocycles. The fraction of sp³-hybridized carbons (Fsp3) is 0.488. The molecule has 6 aromatic heterocycles. The van der Waals surface area contributed by atoms with Gasteiger partial charge in [-0.2, -0.15) is 5.10 Å². The number of nitrogens with zero attached hydrogens (tertiary/aromatic N) is 11. The molecule has 2 amide bonds. The number of unbranched alkanes of at least 4 members (excludes halogenated alkanes) is 1. The molecule has 65 heavy (non-hydrogen) atoms. The monoisotopic (exact) mass is 892 g/mol. The normalized spacial score (nSPS) is 14.0. The molecule has 0 saturated carbocycles. The molecule has 0 aromatic carbocycles. The van der Waals surface area contributed by atoms with Gasteiger partial charge in [-0.25, -0.2) is 39.6 Å². The van der Waals surface area contributed by atoms with E-state index in [4.69, 9.17) is 34.8 Å². The lowest BCUT2D eigenvalue weighted by atomic mass is 10.1. The molecular formula is C43H56N16O6. The summed E-state index contributed by atoms with van der Waals surface area (Å²) >= 11 is 0. The zero-order valence-corrected chi connectivity index (χ0v) is 36.4. The smallest absolute Gasteiger partial charge is 0.254 e. The number of carbonyl (C=O) groups is 2. The number of rotatable bonds is 24. The largest absolute Gasteiger partial charge is 0.383 e. The summed E-state index contributed by atoms with van der Waals surface area (Å²) in [6, 6.07) is 3.97. The maximum Gasteiger partial charge on any atom is 0.254 e. The number of nitrogen functional groups attached to an aromatic ring is 1. The summed E-state index contributed by atoms with van der Waals surface area (Å²) in [6.07, 6.45) is 12.8. The van der Waals surface area contributed by atoms with Crippen LogP contribution in [0.15, 0.2) is 49.4 Å². The molecule has 2 aliphatic heterocycles. The Bertz CT molecular complexity index is 2470. The van der Waals surface area contributed by atoms with Gasteiger partial charge in [-0.05, 0) is 25.0 Å². The Balaban J connectivity index is 0.594. The minimum absolute atomic E-state index is 0.0687. The van der Waals surface area contributed by atoms with Crippen LogP contribution in [0.4, 0.5) is 17.7 Å². The second kappa shape index (κ2) is 22.9. The number of aromatic amines is 1. The summed E-state index contributed by atoms with van der Waals surface area (Å²) in [5.41, 5.74) is 11.9. The first kappa shape index (κ1) is 45.1. The van der Waals surface area contributed by atoms with Gasteiger partial charge in [0.1, 0.15) is 23.5 Å². The van der Waals surface area contributed by atoms with E-state index in [-0.39, 0.29) is 18.2 Å². The van der Waals surface area contributed by atoms with Crippen molar-refractivity contribution < 1.29 is 28.5 Å². The molecule has 8 heterocycles. The SMILES string of the molecule is Nc1ncnc2c1c(-c1cnc3[nH]ccc3c1)nn2CCCCNC(=O)CCOCCOCCOCCOCCNC(=O)c1cnc(N2CCN(c3ncc4c(n3)CCNC4)CC2)nc1. The predicted octanol–water partition coefficient (Wildman–Crippen LogP) is 1.29. The Labute approximate surface area is 375 Å². The minimum Gasteiger partial charge on any atom is -0.383 e. The molecule has 1 fully saturated rings. The first-order valence-corrected chi connectivity index (χ1v) is 22.1. The second-order valence-electron chi connectivity index (χ2n) is 15.5. The zero-order valence-electron chi connectivity index (χ0n) is 36.4. The number of hydrogen-bond acceptors (Lipinski definition) is 18. The quantitative estimate of drug-likeness (QED) is 0.0536. The molecule has 22 nitrogen and oxygen atoms in total. The predicted molar refractivity (Wildman–Crippen MR) is 241 cm³/mol. The topological polar surface area (TPSA) is 263 Å². The van der Waals surface area contributed by atoms with Crippen LogP contribution in [0.1, 0.15) is 40.9 Å². The van der Waals surface area contributed by atoms with Gasteiger partial charge in [-0.3, -0.25) is 9.59 Å². The molecule has 6 N–H and O–H groups in total. The fourth-order valence-corrected chi connectivity index (χ4v) is 7.51. The van der Waals surface area contributed by atoms with E-state index >= 15 is 0 Å². The summed E-state index contributed by atoms with van der Waals surface area (Å²) in [5, 5.41) is 15.6. The number of nitrogens with two attached hydrogens (primary N) is 1. The van der Waals surface area contributed by atoms with Crippen molar-refractivity contribution in [3.8, 4) is 11.3 Å². The number of H-pyrrole nitrogens is 1. The van der Waals surface area contributed by atoms with Gasteiger partial charge in [-0.15, -0.1) is 0 Å². The molecule has 0 unspecified atom stereocenters. The van der Waals surface area contributed by atoms with Gasteiger partial charge in [0.25, 0.3) is 5.91 Å². The Morgan fingerprint density at radius 1 is 0.769 bits per heavy atom. The van der Waals surface area contributed by atoms with E-state index in [0.29, 0.717) is 107 Å². The number of nitrogens with one attached hydrogen (secondary N) is 4. The first-order valence-electron chi connectivity index (χ1n) is 22.1. The van der Waals surface area contributed by atoms with Crippen LogP contribution in [0.5, 0.6) is 0 Å². The number of pyridine rings is 1. The molecule has 0 aliphatic carbocycles. The Kier molecular flexibility index (Phi) is 15.9. The van der Waals surface area contributed by atoms with Gasteiger partial charge in [0.15, 0.2) is 5.65 Å². The number of carbonyl (C=O) groups excluding carboxylic acids is 2. The van der Waals surface area contributed by atoms with Gasteiger partial charge in [0.2, 0.25) is 17.8 Å². The molecule has 0 atom stereocenters. The molecule has 344 valence electrons. The van der Waals surface area contributed by atoms with Gasteiger partial charge in [-0.1, -0.05) is 0 Å². The lowest BCUT2D eigenvalue weighted by Crippen LogP contribution is -2.48. The molecule has 6 aromatic rings. The lowest BCUT2D eigenvalue weighted by molar-refractivity contribution is -0.122. The van der Waals surface area contributed by atoms with Crippen molar-refractivity contribution in [3.05, 3.63) is 66.3 Å². The lowest BCUT2D eigenvalue weighted by Gasteiger charge is -2.35. The molecule has 22 heteroatoms. The number of aromatic nitrogens is 10. The Morgan fingerprint density at radius 3 is 2.28 bits per heavy atom. The van der Waals surface area contributed by atoms with E-state index < -0.39 is 0 Å². The number of anilines is 3. The van der Waals surface area contributed by atoms with Crippen LogP contribution >= 0.6 is 0 Å². The van der Waals surface area contributed by atoms with Crippen molar-refractivity contribution in [2.24, 2.45) is 0 Å². The van der Waals surface area contributed by atoms with E-state index in [9.17, 15) is 9.59 Å². The number of ether oxygens (including phenoxy) is 4. The highest BCUT2D eigenvalue weighted by atomic mass is 16.6. The van der Waals surface area contributed by atoms with Crippen molar-refractivity contribution in [2.75, 3.05) is 114 Å². The maximum absolute atomic E-state index is 12.6. The number of aryl methyl sites for hydroxylation is 1. The highest BCUT2D eigenvalue weighted by molar-refractivity contribution is 5.99. The van der Waals surface area contributed by atoms with Crippen molar-refractivity contribution in [1.29, 1.82) is 0 Å². The van der Waals surface area contributed by atoms with E-state index in [1.807, 2.05) is 29.2 Å². The number of piperazine rings is 1. The van der Waals surface area contributed by atoms with E-state index in [0.717, 1.165) is 86.8 Å². The Morgan fingerprint density at radius 2 is 1.49 bits per heavy atom. The van der Waals surface area contributed by atoms with Crippen LogP contribution in [0, 0.1) is 0 Å². The molecule has 0 spiro atoms. The summed E-state index contributed by atoms with van der Waals surface area (Å²) in [4.78, 5) is 63.7. The van der Waals surface area contributed by atoms with Gasteiger partial charge < -0.3 is 55.4 Å². The Hall–Kier alpha value is -6.46. The number of amides is 2. The van der Waals surface area contributed by atoms with Crippen LogP contribution in [0.25, 0.3) is 33.3 Å². The third-order valence-corrected chi connectivity index (χ3v) is 11.0. The van der Waals surface area contributed by atoms with Crippen molar-refractivity contribution in [1.82, 2.24) is 65.6 Å². The molecule has 0 bridgehead atoms.